The topological polar surface area (TPSA) is 44.9 Å². The Morgan fingerprint density at radius 1 is 1.17 bits per heavy atom. The third-order valence-electron chi connectivity index (χ3n) is 5.03. The van der Waals surface area contributed by atoms with E-state index in [1.807, 2.05) is 36.5 Å². The molecule has 1 aliphatic rings. The Labute approximate surface area is 139 Å². The van der Waals surface area contributed by atoms with Gasteiger partial charge in [0.05, 0.1) is 5.41 Å². The molecule has 3 nitrogen and oxygen atoms in total. The lowest BCUT2D eigenvalue weighted by atomic mass is 9.74. The summed E-state index contributed by atoms with van der Waals surface area (Å²) >= 11 is 0. The molecule has 0 aliphatic carbocycles. The molecule has 1 fully saturated rings. The highest BCUT2D eigenvalue weighted by Gasteiger charge is 2.42. The van der Waals surface area contributed by atoms with Gasteiger partial charge in [0.2, 0.25) is 0 Å². The van der Waals surface area contributed by atoms with Gasteiger partial charge >= 0.3 is 0 Å². The number of H-pyrrole nitrogens is 1. The third kappa shape index (κ3) is 2.53. The summed E-state index contributed by atoms with van der Waals surface area (Å²) in [4.78, 5) is 16.4. The van der Waals surface area contributed by atoms with Crippen LogP contribution in [0.5, 0.6) is 0 Å². The molecule has 0 bridgehead atoms. The van der Waals surface area contributed by atoms with Crippen molar-refractivity contribution in [3.63, 3.8) is 0 Å². The van der Waals surface area contributed by atoms with Gasteiger partial charge in [0.1, 0.15) is 5.82 Å². The molecule has 1 aliphatic heterocycles. The van der Waals surface area contributed by atoms with Crippen LogP contribution in [0.2, 0.25) is 0 Å². The van der Waals surface area contributed by atoms with Crippen LogP contribution >= 0.6 is 0 Å². The van der Waals surface area contributed by atoms with E-state index >= 15 is 0 Å². The number of carbonyl (C=O) groups excluding carboxylic acids is 1. The average molecular weight is 322 g/mol. The molecule has 122 valence electrons. The van der Waals surface area contributed by atoms with Crippen molar-refractivity contribution in [2.45, 2.75) is 12.8 Å². The fourth-order valence-corrected chi connectivity index (χ4v) is 3.68. The minimum atomic E-state index is -0.577. The summed E-state index contributed by atoms with van der Waals surface area (Å²) in [6.45, 7) is 1.37. The number of carbonyl (C=O) groups is 1. The molecule has 0 radical (unpaired) electrons. The molecule has 4 heteroatoms. The van der Waals surface area contributed by atoms with Gasteiger partial charge in [-0.05, 0) is 55.3 Å². The Kier molecular flexibility index (Phi) is 3.69. The van der Waals surface area contributed by atoms with Crippen molar-refractivity contribution < 1.29 is 9.18 Å². The van der Waals surface area contributed by atoms with Crippen LogP contribution in [-0.2, 0) is 6.42 Å². The summed E-state index contributed by atoms with van der Waals surface area (Å²) in [5.41, 5.74) is 1.74. The quantitative estimate of drug-likeness (QED) is 0.719. The summed E-state index contributed by atoms with van der Waals surface area (Å²) in [6, 6.07) is 14.4. The van der Waals surface area contributed by atoms with Crippen molar-refractivity contribution >= 4 is 16.7 Å². The number of rotatable bonds is 4. The number of benzene rings is 2. The van der Waals surface area contributed by atoms with Crippen molar-refractivity contribution in [3.05, 3.63) is 71.7 Å². The van der Waals surface area contributed by atoms with E-state index in [4.69, 9.17) is 0 Å². The van der Waals surface area contributed by atoms with Gasteiger partial charge in [0.25, 0.3) is 0 Å². The first-order chi connectivity index (χ1) is 11.7. The Balaban J connectivity index is 1.71. The molecule has 0 spiro atoms. The largest absolute Gasteiger partial charge is 0.361 e. The fraction of sp³-hybridized carbons (Fsp3) is 0.250. The van der Waals surface area contributed by atoms with E-state index in [2.05, 4.69) is 10.3 Å². The zero-order valence-electron chi connectivity index (χ0n) is 13.3. The maximum atomic E-state index is 14.1. The minimum absolute atomic E-state index is 0.0962. The number of nitrogens with one attached hydrogen (secondary N) is 2. The normalized spacial score (nSPS) is 20.5. The van der Waals surface area contributed by atoms with Crippen LogP contribution in [0.1, 0.15) is 22.3 Å². The van der Waals surface area contributed by atoms with Crippen LogP contribution in [0, 0.1) is 11.2 Å². The Hall–Kier alpha value is -2.46. The van der Waals surface area contributed by atoms with Gasteiger partial charge in [0.15, 0.2) is 5.78 Å². The number of aromatic nitrogens is 1. The zero-order valence-corrected chi connectivity index (χ0v) is 13.3. The standard InChI is InChI=1S/C20H19FN2O/c21-17-4-2-1-3-16(17)12-20(8-10-22-13-20)19(24)15-5-6-18-14(11-15)7-9-23-18/h1-7,9,11,22-23H,8,10,12-13H2. The lowest BCUT2D eigenvalue weighted by Gasteiger charge is -2.27. The molecule has 2 aromatic carbocycles. The smallest absolute Gasteiger partial charge is 0.170 e. The van der Waals surface area contributed by atoms with Gasteiger partial charge in [-0.1, -0.05) is 18.2 Å². The second-order valence-electron chi connectivity index (χ2n) is 6.58. The molecule has 1 aromatic heterocycles. The summed E-state index contributed by atoms with van der Waals surface area (Å²) in [6.07, 6.45) is 3.02. The van der Waals surface area contributed by atoms with Crippen LogP contribution in [-0.4, -0.2) is 23.9 Å². The molecule has 1 saturated heterocycles. The molecule has 0 amide bonds. The average Bonchev–Trinajstić information content (AvgIpc) is 3.25. The van der Waals surface area contributed by atoms with Crippen LogP contribution in [0.4, 0.5) is 4.39 Å². The first-order valence-corrected chi connectivity index (χ1v) is 8.24. The highest BCUT2D eigenvalue weighted by molar-refractivity contribution is 6.03. The second-order valence-corrected chi connectivity index (χ2v) is 6.58. The van der Waals surface area contributed by atoms with Crippen molar-refractivity contribution in [1.29, 1.82) is 0 Å². The first-order valence-electron chi connectivity index (χ1n) is 8.24. The number of fused-ring (bicyclic) bond motifs is 1. The molecule has 0 saturated carbocycles. The van der Waals surface area contributed by atoms with Crippen LogP contribution in [0.25, 0.3) is 10.9 Å². The highest BCUT2D eigenvalue weighted by Crippen LogP contribution is 2.35. The zero-order chi connectivity index (χ0) is 16.6. The van der Waals surface area contributed by atoms with Gasteiger partial charge in [-0.2, -0.15) is 0 Å². The van der Waals surface area contributed by atoms with Crippen molar-refractivity contribution in [2.24, 2.45) is 5.41 Å². The molecular formula is C20H19FN2O. The predicted octanol–water partition coefficient (Wildman–Crippen LogP) is 3.71. The molecule has 3 aromatic rings. The molecule has 2 N–H and O–H groups in total. The molecular weight excluding hydrogens is 303 g/mol. The van der Waals surface area contributed by atoms with E-state index < -0.39 is 5.41 Å². The third-order valence-corrected chi connectivity index (χ3v) is 5.03. The number of Topliss-reactive ketones (excluding diaryl/α,β-unsaturated/α-hetero) is 1. The summed E-state index contributed by atoms with van der Waals surface area (Å²) in [5.74, 6) is -0.142. The fourth-order valence-electron chi connectivity index (χ4n) is 3.68. The number of halogens is 1. The number of hydrogen-bond acceptors (Lipinski definition) is 2. The van der Waals surface area contributed by atoms with Gasteiger partial charge in [-0.3, -0.25) is 4.79 Å². The first kappa shape index (κ1) is 15.1. The van der Waals surface area contributed by atoms with Crippen molar-refractivity contribution in [1.82, 2.24) is 10.3 Å². The second kappa shape index (κ2) is 5.87. The van der Waals surface area contributed by atoms with E-state index in [1.165, 1.54) is 6.07 Å². The summed E-state index contributed by atoms with van der Waals surface area (Å²) < 4.78 is 14.1. The van der Waals surface area contributed by atoms with Gasteiger partial charge in [-0.15, -0.1) is 0 Å². The molecule has 2 heterocycles. The maximum absolute atomic E-state index is 14.1. The Morgan fingerprint density at radius 2 is 2.04 bits per heavy atom. The lowest BCUT2D eigenvalue weighted by Crippen LogP contribution is -2.36. The lowest BCUT2D eigenvalue weighted by molar-refractivity contribution is 0.0815. The van der Waals surface area contributed by atoms with E-state index in [1.54, 1.807) is 12.1 Å². The maximum Gasteiger partial charge on any atom is 0.170 e. The Bertz CT molecular complexity index is 893. The van der Waals surface area contributed by atoms with Gasteiger partial charge in [0, 0.05) is 29.2 Å². The molecule has 24 heavy (non-hydrogen) atoms. The molecule has 1 atom stereocenters. The molecule has 4 rings (SSSR count). The van der Waals surface area contributed by atoms with E-state index in [-0.39, 0.29) is 11.6 Å². The number of ketones is 1. The predicted molar refractivity (Wildman–Crippen MR) is 92.7 cm³/mol. The van der Waals surface area contributed by atoms with Gasteiger partial charge in [-0.25, -0.2) is 4.39 Å². The summed E-state index contributed by atoms with van der Waals surface area (Å²) in [5, 5.41) is 4.31. The number of hydrogen-bond donors (Lipinski definition) is 2. The van der Waals surface area contributed by atoms with Crippen LogP contribution in [0.3, 0.4) is 0 Å². The van der Waals surface area contributed by atoms with E-state index in [0.29, 0.717) is 24.1 Å². The highest BCUT2D eigenvalue weighted by atomic mass is 19.1. The van der Waals surface area contributed by atoms with Crippen LogP contribution < -0.4 is 5.32 Å². The molecule has 1 unspecified atom stereocenters. The van der Waals surface area contributed by atoms with Crippen molar-refractivity contribution in [2.75, 3.05) is 13.1 Å². The Morgan fingerprint density at radius 3 is 2.83 bits per heavy atom. The van der Waals surface area contributed by atoms with Crippen LogP contribution in [0.15, 0.2) is 54.7 Å². The van der Waals surface area contributed by atoms with E-state index in [0.717, 1.165) is 23.9 Å². The van der Waals surface area contributed by atoms with Gasteiger partial charge < -0.3 is 10.3 Å². The van der Waals surface area contributed by atoms with E-state index in [9.17, 15) is 9.18 Å². The van der Waals surface area contributed by atoms with Crippen molar-refractivity contribution in [3.8, 4) is 0 Å². The monoisotopic (exact) mass is 322 g/mol. The number of aromatic amines is 1. The summed E-state index contributed by atoms with van der Waals surface area (Å²) in [7, 11) is 0. The minimum Gasteiger partial charge on any atom is -0.361 e. The SMILES string of the molecule is O=C(c1ccc2[nH]ccc2c1)C1(Cc2ccccc2F)CCNC1.